The number of hydrogen-bond donors (Lipinski definition) is 1. The SMILES string of the molecule is Cc1csc(N)c1C(=O)c1ccccc1[N+](=O)[O-]. The van der Waals surface area contributed by atoms with E-state index in [9.17, 15) is 14.9 Å². The summed E-state index contributed by atoms with van der Waals surface area (Å²) in [6, 6.07) is 5.87. The maximum atomic E-state index is 12.3. The highest BCUT2D eigenvalue weighted by atomic mass is 32.1. The van der Waals surface area contributed by atoms with Crippen molar-refractivity contribution in [1.29, 1.82) is 0 Å². The van der Waals surface area contributed by atoms with Crippen LogP contribution >= 0.6 is 11.3 Å². The van der Waals surface area contributed by atoms with Gasteiger partial charge in [0.1, 0.15) is 5.56 Å². The molecule has 0 amide bonds. The molecule has 1 aromatic heterocycles. The van der Waals surface area contributed by atoms with Crippen LogP contribution in [0, 0.1) is 17.0 Å². The van der Waals surface area contributed by atoms with Crippen molar-refractivity contribution in [3.63, 3.8) is 0 Å². The molecule has 0 atom stereocenters. The van der Waals surface area contributed by atoms with Gasteiger partial charge in [0.15, 0.2) is 0 Å². The van der Waals surface area contributed by atoms with Gasteiger partial charge in [-0.1, -0.05) is 12.1 Å². The highest BCUT2D eigenvalue weighted by Crippen LogP contribution is 2.29. The third-order valence-electron chi connectivity index (χ3n) is 2.58. The van der Waals surface area contributed by atoms with Crippen molar-refractivity contribution in [3.8, 4) is 0 Å². The molecule has 2 N–H and O–H groups in total. The third-order valence-corrected chi connectivity index (χ3v) is 3.51. The topological polar surface area (TPSA) is 86.2 Å². The van der Waals surface area contributed by atoms with Crippen LogP contribution in [0.2, 0.25) is 0 Å². The van der Waals surface area contributed by atoms with E-state index in [1.165, 1.54) is 29.5 Å². The lowest BCUT2D eigenvalue weighted by molar-refractivity contribution is -0.385. The van der Waals surface area contributed by atoms with E-state index < -0.39 is 10.7 Å². The van der Waals surface area contributed by atoms with Gasteiger partial charge in [-0.15, -0.1) is 11.3 Å². The molecule has 0 radical (unpaired) electrons. The maximum absolute atomic E-state index is 12.3. The number of carbonyl (C=O) groups excluding carboxylic acids is 1. The summed E-state index contributed by atoms with van der Waals surface area (Å²) in [6.45, 7) is 1.76. The molecule has 0 aliphatic carbocycles. The molecule has 1 aromatic carbocycles. The first-order chi connectivity index (χ1) is 8.52. The summed E-state index contributed by atoms with van der Waals surface area (Å²) in [4.78, 5) is 22.6. The summed E-state index contributed by atoms with van der Waals surface area (Å²) in [5, 5.41) is 13.0. The lowest BCUT2D eigenvalue weighted by atomic mass is 10.0. The Labute approximate surface area is 107 Å². The first-order valence-corrected chi connectivity index (χ1v) is 6.02. The molecule has 1 heterocycles. The Hall–Kier alpha value is -2.21. The van der Waals surface area contributed by atoms with Gasteiger partial charge < -0.3 is 5.73 Å². The zero-order valence-corrected chi connectivity index (χ0v) is 10.4. The zero-order chi connectivity index (χ0) is 13.3. The molecule has 0 aliphatic rings. The molecule has 92 valence electrons. The van der Waals surface area contributed by atoms with Gasteiger partial charge in [-0.2, -0.15) is 0 Å². The summed E-state index contributed by atoms with van der Waals surface area (Å²) in [5.41, 5.74) is 6.69. The van der Waals surface area contributed by atoms with Crippen LogP contribution in [0.5, 0.6) is 0 Å². The number of nitrogens with zero attached hydrogens (tertiary/aromatic N) is 1. The second-order valence-electron chi connectivity index (χ2n) is 3.76. The molecule has 0 saturated carbocycles. The van der Waals surface area contributed by atoms with E-state index in [2.05, 4.69) is 0 Å². The van der Waals surface area contributed by atoms with Gasteiger partial charge in [-0.3, -0.25) is 14.9 Å². The average Bonchev–Trinajstić information content (AvgIpc) is 2.68. The van der Waals surface area contributed by atoms with Crippen LogP contribution in [-0.2, 0) is 0 Å². The van der Waals surface area contributed by atoms with Crippen LogP contribution in [0.4, 0.5) is 10.7 Å². The zero-order valence-electron chi connectivity index (χ0n) is 9.54. The molecular weight excluding hydrogens is 252 g/mol. The number of nitro benzene ring substituents is 1. The number of para-hydroxylation sites is 1. The Morgan fingerprint density at radius 3 is 2.61 bits per heavy atom. The summed E-state index contributed by atoms with van der Waals surface area (Å²) in [7, 11) is 0. The lowest BCUT2D eigenvalue weighted by Crippen LogP contribution is -2.07. The molecule has 5 nitrogen and oxygen atoms in total. The minimum atomic E-state index is -0.564. The van der Waals surface area contributed by atoms with Crippen LogP contribution in [0.3, 0.4) is 0 Å². The predicted molar refractivity (Wildman–Crippen MR) is 70.0 cm³/mol. The Bertz CT molecular complexity index is 615. The van der Waals surface area contributed by atoms with Gasteiger partial charge in [-0.05, 0) is 23.9 Å². The normalized spacial score (nSPS) is 10.3. The molecule has 6 heteroatoms. The second kappa shape index (κ2) is 4.58. The molecule has 2 rings (SSSR count). The lowest BCUT2D eigenvalue weighted by Gasteiger charge is -2.03. The smallest absolute Gasteiger partial charge is 0.280 e. The van der Waals surface area contributed by atoms with Crippen molar-refractivity contribution >= 4 is 27.8 Å². The number of nitrogens with two attached hydrogens (primary N) is 1. The molecule has 2 aromatic rings. The van der Waals surface area contributed by atoms with Crippen LogP contribution in [-0.4, -0.2) is 10.7 Å². The first-order valence-electron chi connectivity index (χ1n) is 5.14. The van der Waals surface area contributed by atoms with Crippen molar-refractivity contribution in [2.45, 2.75) is 6.92 Å². The summed E-state index contributed by atoms with van der Waals surface area (Å²) >= 11 is 1.26. The quantitative estimate of drug-likeness (QED) is 0.523. The second-order valence-corrected chi connectivity index (χ2v) is 4.67. The van der Waals surface area contributed by atoms with Crippen molar-refractivity contribution in [1.82, 2.24) is 0 Å². The molecule has 0 aliphatic heterocycles. The highest BCUT2D eigenvalue weighted by molar-refractivity contribution is 7.14. The number of benzene rings is 1. The Morgan fingerprint density at radius 1 is 1.39 bits per heavy atom. The van der Waals surface area contributed by atoms with E-state index in [-0.39, 0.29) is 11.3 Å². The van der Waals surface area contributed by atoms with Gasteiger partial charge >= 0.3 is 0 Å². The van der Waals surface area contributed by atoms with E-state index in [0.717, 1.165) is 5.56 Å². The molecular formula is C12H10N2O3S. The van der Waals surface area contributed by atoms with E-state index in [1.807, 2.05) is 0 Å². The largest absolute Gasteiger partial charge is 0.390 e. The number of nitro groups is 1. The van der Waals surface area contributed by atoms with E-state index in [4.69, 9.17) is 5.73 Å². The fourth-order valence-corrected chi connectivity index (χ4v) is 2.51. The van der Waals surface area contributed by atoms with Crippen LogP contribution in [0.25, 0.3) is 0 Å². The maximum Gasteiger partial charge on any atom is 0.280 e. The van der Waals surface area contributed by atoms with Crippen LogP contribution in [0.15, 0.2) is 29.6 Å². The summed E-state index contributed by atoms with van der Waals surface area (Å²) in [6.07, 6.45) is 0. The number of carbonyl (C=O) groups is 1. The summed E-state index contributed by atoms with van der Waals surface area (Å²) < 4.78 is 0. The number of nitrogen functional groups attached to an aromatic ring is 1. The van der Waals surface area contributed by atoms with E-state index in [0.29, 0.717) is 10.6 Å². The number of thiophene rings is 1. The fourth-order valence-electron chi connectivity index (χ4n) is 1.71. The van der Waals surface area contributed by atoms with Gasteiger partial charge in [0.25, 0.3) is 5.69 Å². The predicted octanol–water partition coefficient (Wildman–Crippen LogP) is 2.78. The molecule has 0 bridgehead atoms. The Kier molecular flexibility index (Phi) is 3.12. The Morgan fingerprint density at radius 2 is 2.06 bits per heavy atom. The fraction of sp³-hybridized carbons (Fsp3) is 0.0833. The third kappa shape index (κ3) is 1.98. The van der Waals surface area contributed by atoms with Gasteiger partial charge in [0.2, 0.25) is 5.78 Å². The minimum Gasteiger partial charge on any atom is -0.390 e. The van der Waals surface area contributed by atoms with Crippen molar-refractivity contribution in [3.05, 3.63) is 56.5 Å². The Balaban J connectivity index is 2.57. The number of aryl methyl sites for hydroxylation is 1. The molecule has 0 saturated heterocycles. The van der Waals surface area contributed by atoms with Gasteiger partial charge in [0, 0.05) is 6.07 Å². The number of rotatable bonds is 3. The molecule has 18 heavy (non-hydrogen) atoms. The number of hydrogen-bond acceptors (Lipinski definition) is 5. The van der Waals surface area contributed by atoms with E-state index >= 15 is 0 Å². The highest BCUT2D eigenvalue weighted by Gasteiger charge is 2.24. The van der Waals surface area contributed by atoms with E-state index in [1.54, 1.807) is 18.4 Å². The van der Waals surface area contributed by atoms with Gasteiger partial charge in [0.05, 0.1) is 15.5 Å². The number of anilines is 1. The minimum absolute atomic E-state index is 0.0655. The standard InChI is InChI=1S/C12H10N2O3S/c1-7-6-18-12(13)10(7)11(15)8-4-2-3-5-9(8)14(16)17/h2-6H,13H2,1H3. The average molecular weight is 262 g/mol. The van der Waals surface area contributed by atoms with Crippen LogP contribution < -0.4 is 5.73 Å². The summed E-state index contributed by atoms with van der Waals surface area (Å²) in [5.74, 6) is -0.404. The molecule has 0 fully saturated rings. The van der Waals surface area contributed by atoms with Crippen LogP contribution in [0.1, 0.15) is 21.5 Å². The first kappa shape index (κ1) is 12.3. The van der Waals surface area contributed by atoms with Crippen molar-refractivity contribution in [2.24, 2.45) is 0 Å². The monoisotopic (exact) mass is 262 g/mol. The molecule has 0 unspecified atom stereocenters. The van der Waals surface area contributed by atoms with Crippen molar-refractivity contribution in [2.75, 3.05) is 5.73 Å². The number of ketones is 1. The molecule has 0 spiro atoms. The van der Waals surface area contributed by atoms with Gasteiger partial charge in [-0.25, -0.2) is 0 Å². The van der Waals surface area contributed by atoms with Crippen molar-refractivity contribution < 1.29 is 9.72 Å².